The van der Waals surface area contributed by atoms with Gasteiger partial charge in [0.05, 0.1) is 10.6 Å². The van der Waals surface area contributed by atoms with Crippen LogP contribution in [0.2, 0.25) is 5.02 Å². The van der Waals surface area contributed by atoms with Gasteiger partial charge in [-0.15, -0.1) is 0 Å². The van der Waals surface area contributed by atoms with Crippen LogP contribution in [-0.4, -0.2) is 25.0 Å². The molecule has 148 valence electrons. The number of nitrogens with one attached hydrogen (secondary N) is 2. The molecular formula is C20H17ClN4O3S. The van der Waals surface area contributed by atoms with Gasteiger partial charge in [0.2, 0.25) is 0 Å². The van der Waals surface area contributed by atoms with Crippen molar-refractivity contribution in [2.75, 3.05) is 4.72 Å². The molecule has 9 heteroatoms. The monoisotopic (exact) mass is 428 g/mol. The number of hydrazone groups is 1. The molecule has 29 heavy (non-hydrogen) atoms. The summed E-state index contributed by atoms with van der Waals surface area (Å²) < 4.78 is 27.7. The molecule has 0 saturated carbocycles. The van der Waals surface area contributed by atoms with Crippen molar-refractivity contribution in [1.29, 1.82) is 0 Å². The Labute approximate surface area is 173 Å². The van der Waals surface area contributed by atoms with Gasteiger partial charge in [0.1, 0.15) is 0 Å². The molecule has 0 saturated heterocycles. The molecule has 1 heterocycles. The number of carbonyl (C=O) groups is 1. The molecule has 3 rings (SSSR count). The molecule has 3 aromatic rings. The van der Waals surface area contributed by atoms with Crippen molar-refractivity contribution in [2.45, 2.75) is 11.8 Å². The highest BCUT2D eigenvalue weighted by Crippen LogP contribution is 2.19. The number of halogens is 1. The lowest BCUT2D eigenvalue weighted by molar-refractivity contribution is 0.0954. The van der Waals surface area contributed by atoms with E-state index in [2.05, 4.69) is 20.2 Å². The number of amides is 1. The Hall–Kier alpha value is -3.23. The van der Waals surface area contributed by atoms with Gasteiger partial charge in [0, 0.05) is 34.2 Å². The fourth-order valence-electron chi connectivity index (χ4n) is 2.38. The lowest BCUT2D eigenvalue weighted by Gasteiger charge is -2.09. The van der Waals surface area contributed by atoms with Gasteiger partial charge in [-0.1, -0.05) is 23.7 Å². The molecule has 0 bridgehead atoms. The van der Waals surface area contributed by atoms with Gasteiger partial charge in [-0.05, 0) is 55.5 Å². The van der Waals surface area contributed by atoms with Gasteiger partial charge in [0.15, 0.2) is 0 Å². The molecule has 0 fully saturated rings. The van der Waals surface area contributed by atoms with Crippen LogP contribution >= 0.6 is 11.6 Å². The maximum absolute atomic E-state index is 12.6. The zero-order chi connectivity index (χ0) is 20.9. The van der Waals surface area contributed by atoms with Crippen molar-refractivity contribution in [3.63, 3.8) is 0 Å². The average Bonchev–Trinajstić information content (AvgIpc) is 2.74. The Morgan fingerprint density at radius 3 is 2.45 bits per heavy atom. The van der Waals surface area contributed by atoms with Crippen LogP contribution < -0.4 is 10.1 Å². The van der Waals surface area contributed by atoms with Crippen LogP contribution in [0, 0.1) is 0 Å². The highest BCUT2D eigenvalue weighted by molar-refractivity contribution is 7.92. The predicted octanol–water partition coefficient (Wildman–Crippen LogP) is 3.69. The van der Waals surface area contributed by atoms with Gasteiger partial charge in [-0.2, -0.15) is 5.10 Å². The van der Waals surface area contributed by atoms with E-state index in [1.807, 2.05) is 6.07 Å². The number of anilines is 1. The molecular weight excluding hydrogens is 412 g/mol. The summed E-state index contributed by atoms with van der Waals surface area (Å²) in [4.78, 5) is 16.3. The summed E-state index contributed by atoms with van der Waals surface area (Å²) in [5.74, 6) is -0.531. The van der Waals surface area contributed by atoms with Gasteiger partial charge < -0.3 is 0 Å². The second-order valence-electron chi connectivity index (χ2n) is 6.02. The summed E-state index contributed by atoms with van der Waals surface area (Å²) in [7, 11) is -3.87. The molecule has 2 aromatic carbocycles. The van der Waals surface area contributed by atoms with Crippen LogP contribution in [0.3, 0.4) is 0 Å². The van der Waals surface area contributed by atoms with E-state index >= 15 is 0 Å². The Bertz CT molecular complexity index is 1150. The highest BCUT2D eigenvalue weighted by atomic mass is 35.5. The van der Waals surface area contributed by atoms with Crippen molar-refractivity contribution in [1.82, 2.24) is 10.4 Å². The van der Waals surface area contributed by atoms with Crippen LogP contribution in [0.1, 0.15) is 22.8 Å². The lowest BCUT2D eigenvalue weighted by atomic mass is 10.2. The number of sulfonamides is 1. The number of rotatable bonds is 6. The zero-order valence-corrected chi connectivity index (χ0v) is 16.9. The third kappa shape index (κ3) is 5.40. The minimum Gasteiger partial charge on any atom is -0.280 e. The van der Waals surface area contributed by atoms with Crippen molar-refractivity contribution in [2.24, 2.45) is 5.10 Å². The molecule has 7 nitrogen and oxygen atoms in total. The Balaban J connectivity index is 1.76. The number of carbonyl (C=O) groups excluding carboxylic acids is 1. The molecule has 0 aliphatic heterocycles. The fraction of sp³-hybridized carbons (Fsp3) is 0.0500. The highest BCUT2D eigenvalue weighted by Gasteiger charge is 2.16. The maximum atomic E-state index is 12.6. The Morgan fingerprint density at radius 2 is 1.76 bits per heavy atom. The van der Waals surface area contributed by atoms with E-state index in [0.29, 0.717) is 16.4 Å². The Kier molecular flexibility index (Phi) is 6.26. The van der Waals surface area contributed by atoms with Crippen LogP contribution in [0.15, 0.2) is 83.1 Å². The lowest BCUT2D eigenvalue weighted by Crippen LogP contribution is -2.20. The SMILES string of the molecule is C/C(=N\NC(=O)c1cccc(S(=O)(=O)Nc2ccc(Cl)cc2)c1)c1cccnc1. The number of pyridine rings is 1. The smallest absolute Gasteiger partial charge is 0.271 e. The summed E-state index contributed by atoms with van der Waals surface area (Å²) >= 11 is 5.81. The first-order valence-corrected chi connectivity index (χ1v) is 10.3. The van der Waals surface area contributed by atoms with E-state index in [1.54, 1.807) is 49.6 Å². The molecule has 1 amide bonds. The number of aromatic nitrogens is 1. The van der Waals surface area contributed by atoms with Gasteiger partial charge >= 0.3 is 0 Å². The first kappa shape index (κ1) is 20.5. The third-order valence-corrected chi connectivity index (χ3v) is 5.54. The van der Waals surface area contributed by atoms with Crippen molar-refractivity contribution in [3.8, 4) is 0 Å². The molecule has 0 radical (unpaired) electrons. The molecule has 2 N–H and O–H groups in total. The molecule has 0 spiro atoms. The maximum Gasteiger partial charge on any atom is 0.271 e. The van der Waals surface area contributed by atoms with Crippen LogP contribution in [0.4, 0.5) is 5.69 Å². The number of hydrogen-bond acceptors (Lipinski definition) is 5. The second-order valence-corrected chi connectivity index (χ2v) is 8.14. The zero-order valence-electron chi connectivity index (χ0n) is 15.3. The average molecular weight is 429 g/mol. The third-order valence-electron chi connectivity index (χ3n) is 3.91. The largest absolute Gasteiger partial charge is 0.280 e. The minimum absolute atomic E-state index is 0.0481. The summed E-state index contributed by atoms with van der Waals surface area (Å²) in [6, 6.07) is 15.5. The van der Waals surface area contributed by atoms with E-state index < -0.39 is 15.9 Å². The molecule has 0 unspecified atom stereocenters. The standard InChI is InChI=1S/C20H17ClN4O3S/c1-14(16-5-3-11-22-13-16)23-24-20(26)15-4-2-6-19(12-15)29(27,28)25-18-9-7-17(21)8-10-18/h2-13,25H,1H3,(H,24,26)/b23-14+. The summed E-state index contributed by atoms with van der Waals surface area (Å²) in [6.45, 7) is 1.73. The van der Waals surface area contributed by atoms with E-state index in [4.69, 9.17) is 11.6 Å². The van der Waals surface area contributed by atoms with Crippen LogP contribution in [0.5, 0.6) is 0 Å². The minimum atomic E-state index is -3.87. The molecule has 0 aliphatic rings. The fourth-order valence-corrected chi connectivity index (χ4v) is 3.61. The normalized spacial score (nSPS) is 11.7. The van der Waals surface area contributed by atoms with Crippen LogP contribution in [-0.2, 0) is 10.0 Å². The van der Waals surface area contributed by atoms with E-state index in [1.165, 1.54) is 24.3 Å². The first-order valence-electron chi connectivity index (χ1n) is 8.49. The molecule has 0 atom stereocenters. The van der Waals surface area contributed by atoms with Gasteiger partial charge in [-0.3, -0.25) is 14.5 Å². The van der Waals surface area contributed by atoms with Gasteiger partial charge in [0.25, 0.3) is 15.9 Å². The summed E-state index contributed by atoms with van der Waals surface area (Å²) in [5, 5.41) is 4.53. The Morgan fingerprint density at radius 1 is 1.03 bits per heavy atom. The summed E-state index contributed by atoms with van der Waals surface area (Å²) in [5.41, 5.74) is 4.27. The topological polar surface area (TPSA) is 101 Å². The van der Waals surface area contributed by atoms with Crippen molar-refractivity contribution >= 4 is 38.9 Å². The predicted molar refractivity (Wildman–Crippen MR) is 113 cm³/mol. The molecule has 0 aliphatic carbocycles. The van der Waals surface area contributed by atoms with E-state index in [0.717, 1.165) is 5.56 Å². The summed E-state index contributed by atoms with van der Waals surface area (Å²) in [6.07, 6.45) is 3.26. The van der Waals surface area contributed by atoms with Gasteiger partial charge in [-0.25, -0.2) is 13.8 Å². The number of hydrogen-bond donors (Lipinski definition) is 2. The van der Waals surface area contributed by atoms with Crippen molar-refractivity contribution < 1.29 is 13.2 Å². The quantitative estimate of drug-likeness (QED) is 0.461. The first-order chi connectivity index (χ1) is 13.8. The second kappa shape index (κ2) is 8.85. The van der Waals surface area contributed by atoms with Crippen molar-refractivity contribution in [3.05, 3.63) is 89.2 Å². The van der Waals surface area contributed by atoms with E-state index in [9.17, 15) is 13.2 Å². The molecule has 1 aromatic heterocycles. The number of benzene rings is 2. The van der Waals surface area contributed by atoms with E-state index in [-0.39, 0.29) is 10.5 Å². The van der Waals surface area contributed by atoms with Crippen LogP contribution in [0.25, 0.3) is 0 Å². The number of nitrogens with zero attached hydrogens (tertiary/aromatic N) is 2.